The van der Waals surface area contributed by atoms with Crippen molar-refractivity contribution in [1.82, 2.24) is 10.1 Å². The van der Waals surface area contributed by atoms with Gasteiger partial charge in [-0.25, -0.2) is 0 Å². The maximum atomic E-state index is 13.9. The zero-order chi connectivity index (χ0) is 23.6. The zero-order valence-electron chi connectivity index (χ0n) is 16.9. The van der Waals surface area contributed by atoms with Crippen LogP contribution in [-0.4, -0.2) is 47.2 Å². The fraction of sp³-hybridized carbons (Fsp3) is 0.286. The van der Waals surface area contributed by atoms with Crippen LogP contribution in [0.3, 0.4) is 0 Å². The van der Waals surface area contributed by atoms with Crippen LogP contribution in [0.1, 0.15) is 5.56 Å². The quantitative estimate of drug-likeness (QED) is 0.496. The number of benzene rings is 1. The number of halogens is 5. The number of carbonyl (C=O) groups excluding carboxylic acids is 1. The van der Waals surface area contributed by atoms with Crippen molar-refractivity contribution < 1.29 is 27.2 Å². The Morgan fingerprint density at radius 1 is 1.12 bits per heavy atom. The van der Waals surface area contributed by atoms with Crippen LogP contribution in [0.2, 0.25) is 0 Å². The zero-order valence-corrected chi connectivity index (χ0v) is 18.4. The number of morpholine rings is 1. The van der Waals surface area contributed by atoms with Gasteiger partial charge in [-0.2, -0.15) is 13.2 Å². The van der Waals surface area contributed by atoms with Crippen molar-refractivity contribution >= 4 is 40.5 Å². The monoisotopic (exact) mass is 500 g/mol. The van der Waals surface area contributed by atoms with Crippen LogP contribution in [0.25, 0.3) is 22.7 Å². The molecule has 1 saturated heterocycles. The Balaban J connectivity index is 1.73. The number of amides is 1. The van der Waals surface area contributed by atoms with E-state index in [0.29, 0.717) is 37.7 Å². The summed E-state index contributed by atoms with van der Waals surface area (Å²) in [6.45, 7) is 1.72. The molecule has 0 atom stereocenters. The molecular weight excluding hydrogens is 484 g/mol. The molecule has 0 aliphatic carbocycles. The van der Waals surface area contributed by atoms with Crippen molar-refractivity contribution in [3.8, 4) is 22.7 Å². The van der Waals surface area contributed by atoms with Crippen molar-refractivity contribution in [2.24, 2.45) is 0 Å². The Kier molecular flexibility index (Phi) is 6.78. The average Bonchev–Trinajstić information content (AvgIpc) is 3.29. The Labute approximate surface area is 196 Å². The molecule has 0 unspecified atom stereocenters. The number of hydrogen-bond acceptors (Lipinski definition) is 6. The number of hydrogen-bond donors (Lipinski definition) is 1. The van der Waals surface area contributed by atoms with Gasteiger partial charge in [0.05, 0.1) is 18.8 Å². The second-order valence-electron chi connectivity index (χ2n) is 7.09. The molecule has 1 amide bonds. The van der Waals surface area contributed by atoms with E-state index in [1.165, 1.54) is 30.5 Å². The van der Waals surface area contributed by atoms with Crippen molar-refractivity contribution in [3.63, 3.8) is 0 Å². The van der Waals surface area contributed by atoms with E-state index in [2.05, 4.69) is 15.5 Å². The molecule has 0 saturated carbocycles. The van der Waals surface area contributed by atoms with Gasteiger partial charge in [0.1, 0.15) is 11.4 Å². The summed E-state index contributed by atoms with van der Waals surface area (Å²) in [4.78, 5) is 16.4. The maximum Gasteiger partial charge on any atom is 0.417 e. The molecule has 174 valence electrons. The number of alkyl halides is 5. The summed E-state index contributed by atoms with van der Waals surface area (Å²) in [6.07, 6.45) is -3.20. The largest absolute Gasteiger partial charge is 0.417 e. The first-order chi connectivity index (χ1) is 15.7. The molecule has 2 aromatic heterocycles. The van der Waals surface area contributed by atoms with Crippen molar-refractivity contribution in [3.05, 3.63) is 48.2 Å². The van der Waals surface area contributed by atoms with E-state index >= 15 is 0 Å². The third kappa shape index (κ3) is 5.23. The predicted molar refractivity (Wildman–Crippen MR) is 117 cm³/mol. The normalized spacial score (nSPS) is 14.5. The molecule has 0 bridgehead atoms. The molecule has 0 spiro atoms. The number of pyridine rings is 1. The molecule has 4 rings (SSSR count). The lowest BCUT2D eigenvalue weighted by Gasteiger charge is -2.31. The number of nitrogens with zero attached hydrogens (tertiary/aromatic N) is 3. The molecule has 1 aromatic carbocycles. The fourth-order valence-corrected chi connectivity index (χ4v) is 3.58. The van der Waals surface area contributed by atoms with E-state index in [4.69, 9.17) is 32.5 Å². The van der Waals surface area contributed by atoms with Gasteiger partial charge in [0.15, 0.2) is 10.6 Å². The van der Waals surface area contributed by atoms with Crippen LogP contribution in [0.15, 0.2) is 47.1 Å². The molecule has 7 nitrogen and oxygen atoms in total. The molecular formula is C21H17Cl2F3N4O3. The molecule has 1 N–H and O–H groups in total. The molecule has 1 aliphatic rings. The van der Waals surface area contributed by atoms with E-state index in [1.54, 1.807) is 6.07 Å². The summed E-state index contributed by atoms with van der Waals surface area (Å²) in [5, 5.41) is 6.41. The molecule has 1 fully saturated rings. The van der Waals surface area contributed by atoms with Gasteiger partial charge in [-0.3, -0.25) is 9.78 Å². The molecule has 1 aliphatic heterocycles. The fourth-order valence-electron chi connectivity index (χ4n) is 3.47. The lowest BCUT2D eigenvalue weighted by molar-refractivity contribution is -0.137. The summed E-state index contributed by atoms with van der Waals surface area (Å²) in [5.41, 5.74) is 0.0760. The smallest absolute Gasteiger partial charge is 0.378 e. The highest BCUT2D eigenvalue weighted by molar-refractivity contribution is 6.54. The standard InChI is InChI=1S/C21H17Cl2F3N4O3/c22-19(23)20(31)28-12-4-5-27-14(10-12)17-11-15(29-33-17)18-13(21(24,25)26)2-1-3-16(18)30-6-8-32-9-7-30/h1-5,10-11,19H,6-9H2,(H,27,28,31). The number of anilines is 2. The number of aromatic nitrogens is 2. The van der Waals surface area contributed by atoms with Crippen LogP contribution in [0.5, 0.6) is 0 Å². The minimum absolute atomic E-state index is 0.0113. The first-order valence-electron chi connectivity index (χ1n) is 9.79. The van der Waals surface area contributed by atoms with Crippen LogP contribution in [0, 0.1) is 0 Å². The molecule has 3 aromatic rings. The van der Waals surface area contributed by atoms with Gasteiger partial charge in [0, 0.05) is 42.3 Å². The minimum Gasteiger partial charge on any atom is -0.378 e. The Morgan fingerprint density at radius 2 is 1.88 bits per heavy atom. The van der Waals surface area contributed by atoms with Crippen LogP contribution in [0.4, 0.5) is 24.5 Å². The van der Waals surface area contributed by atoms with Crippen molar-refractivity contribution in [1.29, 1.82) is 0 Å². The summed E-state index contributed by atoms with van der Waals surface area (Å²) >= 11 is 11.1. The third-order valence-corrected chi connectivity index (χ3v) is 5.34. The first-order valence-corrected chi connectivity index (χ1v) is 10.7. The Morgan fingerprint density at radius 3 is 2.58 bits per heavy atom. The van der Waals surface area contributed by atoms with Gasteiger partial charge in [0.25, 0.3) is 5.91 Å². The molecule has 33 heavy (non-hydrogen) atoms. The van der Waals surface area contributed by atoms with Crippen LogP contribution < -0.4 is 10.2 Å². The van der Waals surface area contributed by atoms with Gasteiger partial charge >= 0.3 is 6.18 Å². The summed E-state index contributed by atoms with van der Waals surface area (Å²) in [6, 6.07) is 8.35. The van der Waals surface area contributed by atoms with Gasteiger partial charge in [0.2, 0.25) is 0 Å². The number of nitrogens with one attached hydrogen (secondary N) is 1. The number of carbonyl (C=O) groups is 1. The summed E-state index contributed by atoms with van der Waals surface area (Å²) in [7, 11) is 0. The van der Waals surface area contributed by atoms with Gasteiger partial charge in [-0.05, 0) is 24.3 Å². The number of rotatable bonds is 5. The molecule has 12 heteroatoms. The average molecular weight is 501 g/mol. The second-order valence-corrected chi connectivity index (χ2v) is 8.19. The summed E-state index contributed by atoms with van der Waals surface area (Å²) in [5.74, 6) is -0.512. The highest BCUT2D eigenvalue weighted by atomic mass is 35.5. The molecule has 3 heterocycles. The van der Waals surface area contributed by atoms with Crippen molar-refractivity contribution in [2.75, 3.05) is 36.5 Å². The predicted octanol–water partition coefficient (Wildman–Crippen LogP) is 5.00. The Bertz CT molecular complexity index is 1150. The third-order valence-electron chi connectivity index (χ3n) is 4.94. The van der Waals surface area contributed by atoms with Crippen molar-refractivity contribution in [2.45, 2.75) is 11.0 Å². The number of ether oxygens (including phenoxy) is 1. The SMILES string of the molecule is O=C(Nc1ccnc(-c2cc(-c3c(N4CCOCC4)cccc3C(F)(F)F)no2)c1)C(Cl)Cl. The Hall–Kier alpha value is -2.82. The molecule has 0 radical (unpaired) electrons. The van der Waals surface area contributed by atoms with E-state index in [0.717, 1.165) is 6.07 Å². The minimum atomic E-state index is -4.60. The van der Waals surface area contributed by atoms with E-state index in [-0.39, 0.29) is 22.7 Å². The van der Waals surface area contributed by atoms with Gasteiger partial charge in [-0.15, -0.1) is 0 Å². The maximum absolute atomic E-state index is 13.9. The first kappa shape index (κ1) is 23.3. The van der Waals surface area contributed by atoms with Gasteiger partial charge in [-0.1, -0.05) is 34.4 Å². The highest BCUT2D eigenvalue weighted by Gasteiger charge is 2.36. The summed E-state index contributed by atoms with van der Waals surface area (Å²) < 4.78 is 52.3. The topological polar surface area (TPSA) is 80.5 Å². The van der Waals surface area contributed by atoms with Crippen LogP contribution in [-0.2, 0) is 15.7 Å². The second kappa shape index (κ2) is 9.58. The van der Waals surface area contributed by atoms with E-state index < -0.39 is 22.5 Å². The lowest BCUT2D eigenvalue weighted by Crippen LogP contribution is -2.36. The van der Waals surface area contributed by atoms with E-state index in [9.17, 15) is 18.0 Å². The van der Waals surface area contributed by atoms with Gasteiger partial charge < -0.3 is 19.5 Å². The van der Waals surface area contributed by atoms with E-state index in [1.807, 2.05) is 4.90 Å². The highest BCUT2D eigenvalue weighted by Crippen LogP contribution is 2.43. The lowest BCUT2D eigenvalue weighted by atomic mass is 10.00. The van der Waals surface area contributed by atoms with Crippen LogP contribution >= 0.6 is 23.2 Å².